The van der Waals surface area contributed by atoms with Gasteiger partial charge >= 0.3 is 0 Å². The molecule has 0 heterocycles. The van der Waals surface area contributed by atoms with Gasteiger partial charge in [0.25, 0.3) is 0 Å². The number of hydrogen-bond acceptors (Lipinski definition) is 2. The summed E-state index contributed by atoms with van der Waals surface area (Å²) in [4.78, 5) is 0. The molecule has 0 amide bonds. The van der Waals surface area contributed by atoms with Crippen molar-refractivity contribution in [1.82, 2.24) is 0 Å². The number of phenolic OH excluding ortho intramolecular Hbond substituents is 2. The van der Waals surface area contributed by atoms with Gasteiger partial charge in [0.15, 0.2) is 0 Å². The fourth-order valence-corrected chi connectivity index (χ4v) is 6.28. The minimum atomic E-state index is 0.249. The lowest BCUT2D eigenvalue weighted by molar-refractivity contribution is 0.487. The molecule has 0 radical (unpaired) electrons. The maximum Gasteiger partial charge on any atom is 0.131 e. The third-order valence-electron chi connectivity index (χ3n) is 6.27. The van der Waals surface area contributed by atoms with E-state index in [0.29, 0.717) is 0 Å². The van der Waals surface area contributed by atoms with Gasteiger partial charge in [0, 0.05) is 39.4 Å². The van der Waals surface area contributed by atoms with Gasteiger partial charge in [0.2, 0.25) is 0 Å². The molecule has 0 fully saturated rings. The van der Waals surface area contributed by atoms with Crippen LogP contribution in [0.4, 0.5) is 0 Å². The van der Waals surface area contributed by atoms with Crippen LogP contribution in [0.25, 0.3) is 54.2 Å². The summed E-state index contributed by atoms with van der Waals surface area (Å²) in [6.45, 7) is 0. The van der Waals surface area contributed by atoms with Crippen molar-refractivity contribution in [1.29, 1.82) is 0 Å². The molecule has 34 heavy (non-hydrogen) atoms. The molecule has 0 saturated carbocycles. The van der Waals surface area contributed by atoms with Crippen LogP contribution in [-0.2, 0) is 0 Å². The summed E-state index contributed by atoms with van der Waals surface area (Å²) >= 11 is 14.4. The number of fused-ring (bicyclic) bond motifs is 4. The Morgan fingerprint density at radius 2 is 0.647 bits per heavy atom. The molecule has 2 nitrogen and oxygen atoms in total. The summed E-state index contributed by atoms with van der Waals surface area (Å²) in [5.74, 6) is 0.498. The van der Waals surface area contributed by atoms with Gasteiger partial charge in [-0.15, -0.1) is 0 Å². The van der Waals surface area contributed by atoms with Crippen molar-refractivity contribution in [2.45, 2.75) is 0 Å². The van der Waals surface area contributed by atoms with Gasteiger partial charge in [0.05, 0.1) is 0 Å². The van der Waals surface area contributed by atoms with Crippen LogP contribution >= 0.6 is 63.7 Å². The number of benzene rings is 6. The zero-order chi connectivity index (χ0) is 23.7. The molecule has 0 aliphatic heterocycles. The third-order valence-corrected chi connectivity index (χ3v) is 8.25. The van der Waals surface area contributed by atoms with Crippen molar-refractivity contribution in [3.05, 3.63) is 90.7 Å². The van der Waals surface area contributed by atoms with Crippen LogP contribution in [0.15, 0.2) is 90.7 Å². The predicted molar refractivity (Wildman–Crippen MR) is 156 cm³/mol. The summed E-state index contributed by atoms with van der Waals surface area (Å²) in [7, 11) is 0. The summed E-state index contributed by atoms with van der Waals surface area (Å²) in [6.07, 6.45) is 0. The smallest absolute Gasteiger partial charge is 0.131 e. The first-order valence-electron chi connectivity index (χ1n) is 10.4. The Balaban J connectivity index is 1.97. The molecular weight excluding hydrogens is 688 g/mol. The second-order valence-electron chi connectivity index (χ2n) is 8.21. The maximum absolute atomic E-state index is 11.3. The molecule has 6 heteroatoms. The molecule has 0 atom stereocenters. The fraction of sp³-hybridized carbons (Fsp3) is 0. The highest BCUT2D eigenvalue weighted by Crippen LogP contribution is 2.50. The standard InChI is InChI=1S/C28H14Br4O2/c29-13-3-7-19-21(9-13)25(17-5-1-15(31)11-23(17)27(19)33)26-18-6-2-16(32)12-24(18)28(34)20-8-4-14(30)10-22(20)26/h1-12,33-34H. The van der Waals surface area contributed by atoms with E-state index in [9.17, 15) is 10.2 Å². The molecular formula is C28H14Br4O2. The summed E-state index contributed by atoms with van der Waals surface area (Å²) < 4.78 is 3.64. The largest absolute Gasteiger partial charge is 0.507 e. The van der Waals surface area contributed by atoms with E-state index in [4.69, 9.17) is 0 Å². The summed E-state index contributed by atoms with van der Waals surface area (Å²) in [5, 5.41) is 29.3. The van der Waals surface area contributed by atoms with Crippen molar-refractivity contribution in [3.8, 4) is 22.6 Å². The minimum absolute atomic E-state index is 0.249. The van der Waals surface area contributed by atoms with Gasteiger partial charge < -0.3 is 10.2 Å². The second-order valence-corrected chi connectivity index (χ2v) is 11.9. The van der Waals surface area contributed by atoms with Crippen LogP contribution in [0.5, 0.6) is 11.5 Å². The van der Waals surface area contributed by atoms with Crippen LogP contribution in [0.2, 0.25) is 0 Å². The van der Waals surface area contributed by atoms with E-state index in [1.807, 2.05) is 72.8 Å². The number of hydrogen-bond donors (Lipinski definition) is 2. The highest BCUT2D eigenvalue weighted by Gasteiger charge is 2.22. The Kier molecular flexibility index (Phi) is 5.41. The molecule has 166 valence electrons. The summed E-state index contributed by atoms with van der Waals surface area (Å²) in [5.41, 5.74) is 2.01. The number of halogens is 4. The number of aromatic hydroxyl groups is 2. The first-order valence-corrected chi connectivity index (χ1v) is 13.6. The van der Waals surface area contributed by atoms with Crippen LogP contribution in [0, 0.1) is 0 Å². The third kappa shape index (κ3) is 3.38. The van der Waals surface area contributed by atoms with E-state index < -0.39 is 0 Å². The summed E-state index contributed by atoms with van der Waals surface area (Å²) in [6, 6.07) is 23.8. The van der Waals surface area contributed by atoms with Crippen molar-refractivity contribution in [2.75, 3.05) is 0 Å². The van der Waals surface area contributed by atoms with Gasteiger partial charge in [-0.3, -0.25) is 0 Å². The topological polar surface area (TPSA) is 40.5 Å². The number of phenols is 2. The van der Waals surface area contributed by atoms with E-state index in [1.54, 1.807) is 0 Å². The van der Waals surface area contributed by atoms with Crippen LogP contribution in [-0.4, -0.2) is 10.2 Å². The first-order chi connectivity index (χ1) is 16.3. The van der Waals surface area contributed by atoms with E-state index in [2.05, 4.69) is 63.7 Å². The van der Waals surface area contributed by atoms with Crippen LogP contribution in [0.1, 0.15) is 0 Å². The quantitative estimate of drug-likeness (QED) is 0.168. The normalized spacial score (nSPS) is 11.8. The van der Waals surface area contributed by atoms with Gasteiger partial charge in [-0.25, -0.2) is 0 Å². The monoisotopic (exact) mass is 698 g/mol. The fourth-order valence-electron chi connectivity index (χ4n) is 4.84. The van der Waals surface area contributed by atoms with Crippen molar-refractivity contribution in [2.24, 2.45) is 0 Å². The van der Waals surface area contributed by atoms with Crippen molar-refractivity contribution < 1.29 is 10.2 Å². The average molecular weight is 702 g/mol. The Labute approximate surface area is 228 Å². The lowest BCUT2D eigenvalue weighted by Gasteiger charge is -2.20. The predicted octanol–water partition coefficient (Wildman–Crippen LogP) is 10.4. The molecule has 6 aromatic carbocycles. The first kappa shape index (κ1) is 22.4. The van der Waals surface area contributed by atoms with E-state index in [0.717, 1.165) is 72.1 Å². The van der Waals surface area contributed by atoms with E-state index >= 15 is 0 Å². The SMILES string of the molecule is Oc1c2cc(Br)ccc2c(-c2c3ccc(Br)cc3c(O)c3ccc(Br)cc23)c2cc(Br)ccc12. The van der Waals surface area contributed by atoms with Crippen LogP contribution < -0.4 is 0 Å². The lowest BCUT2D eigenvalue weighted by atomic mass is 9.85. The van der Waals surface area contributed by atoms with Crippen molar-refractivity contribution >= 4 is 107 Å². The Morgan fingerprint density at radius 3 is 1.00 bits per heavy atom. The lowest BCUT2D eigenvalue weighted by Crippen LogP contribution is -1.92. The minimum Gasteiger partial charge on any atom is -0.507 e. The van der Waals surface area contributed by atoms with Gasteiger partial charge in [-0.05, 0) is 93.3 Å². The van der Waals surface area contributed by atoms with E-state index in [1.165, 1.54) is 0 Å². The molecule has 0 unspecified atom stereocenters. The van der Waals surface area contributed by atoms with Gasteiger partial charge in [-0.2, -0.15) is 0 Å². The van der Waals surface area contributed by atoms with Gasteiger partial charge in [0.1, 0.15) is 11.5 Å². The molecule has 6 rings (SSSR count). The molecule has 2 N–H and O–H groups in total. The molecule has 0 saturated heterocycles. The molecule has 0 bridgehead atoms. The Hall–Kier alpha value is -2.12. The van der Waals surface area contributed by atoms with E-state index in [-0.39, 0.29) is 11.5 Å². The number of rotatable bonds is 1. The van der Waals surface area contributed by atoms with Gasteiger partial charge in [-0.1, -0.05) is 75.9 Å². The maximum atomic E-state index is 11.3. The molecule has 0 aromatic heterocycles. The highest BCUT2D eigenvalue weighted by atomic mass is 79.9. The molecule has 0 spiro atoms. The molecule has 6 aromatic rings. The zero-order valence-corrected chi connectivity index (χ0v) is 23.7. The average Bonchev–Trinajstić information content (AvgIpc) is 2.81. The Morgan fingerprint density at radius 1 is 0.353 bits per heavy atom. The van der Waals surface area contributed by atoms with Crippen LogP contribution in [0.3, 0.4) is 0 Å². The molecule has 0 aliphatic carbocycles. The van der Waals surface area contributed by atoms with Crippen molar-refractivity contribution in [3.63, 3.8) is 0 Å². The highest BCUT2D eigenvalue weighted by molar-refractivity contribution is 9.11. The molecule has 0 aliphatic rings. The Bertz CT molecular complexity index is 1690. The second kappa shape index (κ2) is 8.23. The zero-order valence-electron chi connectivity index (χ0n) is 17.3.